The number of halogens is 1. The number of benzene rings is 2. The van der Waals surface area contributed by atoms with E-state index in [1.807, 2.05) is 36.4 Å². The van der Waals surface area contributed by atoms with Crippen molar-refractivity contribution < 1.29 is 14.3 Å². The van der Waals surface area contributed by atoms with Crippen LogP contribution in [-0.2, 0) is 4.79 Å². The molecule has 25 heavy (non-hydrogen) atoms. The van der Waals surface area contributed by atoms with Crippen molar-refractivity contribution in [3.05, 3.63) is 58.6 Å². The van der Waals surface area contributed by atoms with Gasteiger partial charge in [-0.3, -0.25) is 9.59 Å². The number of hydrogen-bond donors (Lipinski definition) is 1. The highest BCUT2D eigenvalue weighted by molar-refractivity contribution is 9.10. The summed E-state index contributed by atoms with van der Waals surface area (Å²) in [5, 5.41) is 2.92. The SMILES string of the molecule is COc1ccc(N2CC(CNC(=O)c3cccc(Br)c3)CC2=O)cc1. The van der Waals surface area contributed by atoms with Gasteiger partial charge in [0.25, 0.3) is 5.91 Å². The number of carbonyl (C=O) groups is 2. The topological polar surface area (TPSA) is 58.6 Å². The van der Waals surface area contributed by atoms with E-state index in [1.54, 1.807) is 24.1 Å². The third kappa shape index (κ3) is 4.20. The maximum atomic E-state index is 12.3. The summed E-state index contributed by atoms with van der Waals surface area (Å²) in [5.41, 5.74) is 1.46. The van der Waals surface area contributed by atoms with Crippen LogP contribution in [0.1, 0.15) is 16.8 Å². The number of anilines is 1. The number of methoxy groups -OCH3 is 1. The third-order valence-corrected chi connectivity index (χ3v) is 4.72. The zero-order chi connectivity index (χ0) is 17.8. The monoisotopic (exact) mass is 402 g/mol. The van der Waals surface area contributed by atoms with Crippen molar-refractivity contribution in [2.45, 2.75) is 6.42 Å². The molecule has 0 spiro atoms. The Balaban J connectivity index is 1.58. The molecule has 2 aromatic rings. The van der Waals surface area contributed by atoms with E-state index >= 15 is 0 Å². The van der Waals surface area contributed by atoms with Gasteiger partial charge in [-0.1, -0.05) is 22.0 Å². The first-order valence-electron chi connectivity index (χ1n) is 8.05. The van der Waals surface area contributed by atoms with Crippen LogP contribution < -0.4 is 15.0 Å². The zero-order valence-corrected chi connectivity index (χ0v) is 15.5. The zero-order valence-electron chi connectivity index (χ0n) is 13.9. The molecule has 1 N–H and O–H groups in total. The maximum absolute atomic E-state index is 12.3. The lowest BCUT2D eigenvalue weighted by Gasteiger charge is -2.17. The molecule has 2 amide bonds. The first-order valence-corrected chi connectivity index (χ1v) is 8.84. The van der Waals surface area contributed by atoms with Crippen LogP contribution in [0.15, 0.2) is 53.0 Å². The van der Waals surface area contributed by atoms with Crippen molar-refractivity contribution in [1.29, 1.82) is 0 Å². The van der Waals surface area contributed by atoms with Gasteiger partial charge < -0.3 is 15.0 Å². The number of nitrogens with zero attached hydrogens (tertiary/aromatic N) is 1. The molecular weight excluding hydrogens is 384 g/mol. The first-order chi connectivity index (χ1) is 12.1. The molecule has 1 saturated heterocycles. The second-order valence-electron chi connectivity index (χ2n) is 5.99. The molecule has 0 aliphatic carbocycles. The van der Waals surface area contributed by atoms with Crippen LogP contribution in [-0.4, -0.2) is 32.0 Å². The fourth-order valence-electron chi connectivity index (χ4n) is 2.90. The molecule has 1 atom stereocenters. The Kier molecular flexibility index (Phi) is 5.38. The van der Waals surface area contributed by atoms with Crippen molar-refractivity contribution >= 4 is 33.4 Å². The molecule has 1 aliphatic rings. The lowest BCUT2D eigenvalue weighted by Crippen LogP contribution is -2.31. The second-order valence-corrected chi connectivity index (χ2v) is 6.91. The van der Waals surface area contributed by atoms with Gasteiger partial charge >= 0.3 is 0 Å². The lowest BCUT2D eigenvalue weighted by molar-refractivity contribution is -0.117. The Hall–Kier alpha value is -2.34. The molecule has 130 valence electrons. The highest BCUT2D eigenvalue weighted by atomic mass is 79.9. The van der Waals surface area contributed by atoms with Gasteiger partial charge in [0.05, 0.1) is 7.11 Å². The van der Waals surface area contributed by atoms with Crippen LogP contribution in [0, 0.1) is 5.92 Å². The Morgan fingerprint density at radius 1 is 1.28 bits per heavy atom. The van der Waals surface area contributed by atoms with Crippen LogP contribution in [0.3, 0.4) is 0 Å². The average molecular weight is 403 g/mol. The lowest BCUT2D eigenvalue weighted by atomic mass is 10.1. The summed E-state index contributed by atoms with van der Waals surface area (Å²) in [6, 6.07) is 14.7. The summed E-state index contributed by atoms with van der Waals surface area (Å²) in [6.45, 7) is 1.08. The van der Waals surface area contributed by atoms with E-state index in [9.17, 15) is 9.59 Å². The van der Waals surface area contributed by atoms with Crippen molar-refractivity contribution in [1.82, 2.24) is 5.32 Å². The smallest absolute Gasteiger partial charge is 0.251 e. The molecule has 0 aromatic heterocycles. The van der Waals surface area contributed by atoms with E-state index in [0.717, 1.165) is 15.9 Å². The van der Waals surface area contributed by atoms with Crippen molar-refractivity contribution in [3.63, 3.8) is 0 Å². The normalized spacial score (nSPS) is 16.8. The van der Waals surface area contributed by atoms with Crippen molar-refractivity contribution in [2.24, 2.45) is 5.92 Å². The fraction of sp³-hybridized carbons (Fsp3) is 0.263. The van der Waals surface area contributed by atoms with E-state index in [-0.39, 0.29) is 17.7 Å². The molecule has 5 nitrogen and oxygen atoms in total. The summed E-state index contributed by atoms with van der Waals surface area (Å²) in [4.78, 5) is 26.2. The molecular formula is C19H19BrN2O3. The van der Waals surface area contributed by atoms with Gasteiger partial charge in [-0.05, 0) is 42.5 Å². The molecule has 3 rings (SSSR count). The van der Waals surface area contributed by atoms with Gasteiger partial charge in [0, 0.05) is 41.2 Å². The highest BCUT2D eigenvalue weighted by Gasteiger charge is 2.30. The van der Waals surface area contributed by atoms with Crippen molar-refractivity contribution in [3.8, 4) is 5.75 Å². The van der Waals surface area contributed by atoms with Gasteiger partial charge in [0.15, 0.2) is 0 Å². The quantitative estimate of drug-likeness (QED) is 0.834. The van der Waals surface area contributed by atoms with Gasteiger partial charge in [0.2, 0.25) is 5.91 Å². The molecule has 6 heteroatoms. The second kappa shape index (κ2) is 7.70. The highest BCUT2D eigenvalue weighted by Crippen LogP contribution is 2.26. The minimum atomic E-state index is -0.128. The minimum absolute atomic E-state index is 0.0758. The number of rotatable bonds is 5. The molecule has 2 aromatic carbocycles. The Morgan fingerprint density at radius 2 is 2.04 bits per heavy atom. The summed E-state index contributed by atoms with van der Waals surface area (Å²) < 4.78 is 6.00. The predicted molar refractivity (Wildman–Crippen MR) is 99.9 cm³/mol. The van der Waals surface area contributed by atoms with Crippen LogP contribution in [0.25, 0.3) is 0 Å². The predicted octanol–water partition coefficient (Wildman–Crippen LogP) is 3.24. The molecule has 0 saturated carbocycles. The molecule has 0 bridgehead atoms. The van der Waals surface area contributed by atoms with E-state index in [4.69, 9.17) is 4.74 Å². The van der Waals surface area contributed by atoms with Gasteiger partial charge in [0.1, 0.15) is 5.75 Å². The molecule has 0 radical (unpaired) electrons. The van der Waals surface area contributed by atoms with Gasteiger partial charge in [-0.2, -0.15) is 0 Å². The largest absolute Gasteiger partial charge is 0.497 e. The van der Waals surface area contributed by atoms with E-state index < -0.39 is 0 Å². The van der Waals surface area contributed by atoms with E-state index in [1.165, 1.54) is 0 Å². The number of carbonyl (C=O) groups excluding carboxylic acids is 2. The maximum Gasteiger partial charge on any atom is 0.251 e. The summed E-state index contributed by atoms with van der Waals surface area (Å²) >= 11 is 3.36. The minimum Gasteiger partial charge on any atom is -0.497 e. The summed E-state index contributed by atoms with van der Waals surface area (Å²) in [6.07, 6.45) is 0.435. The number of hydrogen-bond acceptors (Lipinski definition) is 3. The van der Waals surface area contributed by atoms with Crippen LogP contribution >= 0.6 is 15.9 Å². The summed E-state index contributed by atoms with van der Waals surface area (Å²) in [5.74, 6) is 0.808. The molecule has 1 heterocycles. The van der Waals surface area contributed by atoms with Crippen LogP contribution in [0.5, 0.6) is 5.75 Å². The number of amides is 2. The summed E-state index contributed by atoms with van der Waals surface area (Å²) in [7, 11) is 1.61. The van der Waals surface area contributed by atoms with Gasteiger partial charge in [-0.15, -0.1) is 0 Å². The van der Waals surface area contributed by atoms with E-state index in [2.05, 4.69) is 21.2 Å². The van der Waals surface area contributed by atoms with E-state index in [0.29, 0.717) is 25.1 Å². The first kappa shape index (κ1) is 17.5. The molecule has 1 fully saturated rings. The Labute approximate surface area is 155 Å². The number of nitrogens with one attached hydrogen (secondary N) is 1. The fourth-order valence-corrected chi connectivity index (χ4v) is 3.30. The Morgan fingerprint density at radius 3 is 2.72 bits per heavy atom. The van der Waals surface area contributed by atoms with Gasteiger partial charge in [-0.25, -0.2) is 0 Å². The van der Waals surface area contributed by atoms with Crippen LogP contribution in [0.4, 0.5) is 5.69 Å². The third-order valence-electron chi connectivity index (χ3n) is 4.23. The number of ether oxygens (including phenoxy) is 1. The average Bonchev–Trinajstić information content (AvgIpc) is 3.00. The molecule has 1 unspecified atom stereocenters. The Bertz CT molecular complexity index is 776. The standard InChI is InChI=1S/C19H19BrN2O3/c1-25-17-7-5-16(6-8-17)22-12-13(9-18(22)23)11-21-19(24)14-3-2-4-15(20)10-14/h2-8,10,13H,9,11-12H2,1H3,(H,21,24). The van der Waals surface area contributed by atoms with Crippen molar-refractivity contribution in [2.75, 3.05) is 25.1 Å². The molecule has 1 aliphatic heterocycles. The van der Waals surface area contributed by atoms with Crippen LogP contribution in [0.2, 0.25) is 0 Å².